The third-order valence-electron chi connectivity index (χ3n) is 4.28. The van der Waals surface area contributed by atoms with E-state index in [4.69, 9.17) is 16.3 Å². The first kappa shape index (κ1) is 14.7. The summed E-state index contributed by atoms with van der Waals surface area (Å²) in [5, 5.41) is 3.64. The fourth-order valence-electron chi connectivity index (χ4n) is 2.60. The summed E-state index contributed by atoms with van der Waals surface area (Å²) in [5.41, 5.74) is 2.83. The van der Waals surface area contributed by atoms with Gasteiger partial charge in [-0.05, 0) is 43.0 Å². The van der Waals surface area contributed by atoms with Crippen molar-refractivity contribution in [1.82, 2.24) is 5.32 Å². The van der Waals surface area contributed by atoms with E-state index in [0.29, 0.717) is 5.88 Å². The molecule has 1 aromatic rings. The lowest BCUT2D eigenvalue weighted by Gasteiger charge is -2.31. The van der Waals surface area contributed by atoms with Crippen molar-refractivity contribution in [2.75, 3.05) is 19.0 Å². The Morgan fingerprint density at radius 3 is 2.79 bits per heavy atom. The Labute approximate surface area is 121 Å². The van der Waals surface area contributed by atoms with Crippen LogP contribution >= 0.6 is 11.6 Å². The summed E-state index contributed by atoms with van der Waals surface area (Å²) in [4.78, 5) is 0. The van der Waals surface area contributed by atoms with Crippen LogP contribution in [0.2, 0.25) is 0 Å². The Hall–Kier alpha value is -0.730. The van der Waals surface area contributed by atoms with Gasteiger partial charge in [-0.15, -0.1) is 11.6 Å². The van der Waals surface area contributed by atoms with Crippen LogP contribution in [-0.2, 0) is 12.8 Å². The van der Waals surface area contributed by atoms with Gasteiger partial charge in [-0.2, -0.15) is 0 Å². The Morgan fingerprint density at radius 2 is 2.11 bits per heavy atom. The molecule has 0 aliphatic carbocycles. The summed E-state index contributed by atoms with van der Waals surface area (Å²) in [7, 11) is 0. The fourth-order valence-corrected chi connectivity index (χ4v) is 3.08. The van der Waals surface area contributed by atoms with E-state index in [0.717, 1.165) is 44.6 Å². The average Bonchev–Trinajstić information content (AvgIpc) is 2.92. The highest BCUT2D eigenvalue weighted by Crippen LogP contribution is 2.26. The second-order valence-corrected chi connectivity index (χ2v) is 5.61. The molecule has 19 heavy (non-hydrogen) atoms. The molecule has 0 aromatic heterocycles. The van der Waals surface area contributed by atoms with Crippen LogP contribution < -0.4 is 10.1 Å². The Kier molecular flexibility index (Phi) is 5.12. The van der Waals surface area contributed by atoms with E-state index in [2.05, 4.69) is 37.4 Å². The zero-order valence-corrected chi connectivity index (χ0v) is 12.7. The molecule has 106 valence electrons. The molecule has 0 bridgehead atoms. The average molecular weight is 282 g/mol. The van der Waals surface area contributed by atoms with Crippen LogP contribution in [0.3, 0.4) is 0 Å². The van der Waals surface area contributed by atoms with Gasteiger partial charge in [0, 0.05) is 17.8 Å². The molecule has 1 aliphatic rings. The van der Waals surface area contributed by atoms with Gasteiger partial charge in [0.25, 0.3) is 0 Å². The van der Waals surface area contributed by atoms with Crippen LogP contribution in [0, 0.1) is 0 Å². The third kappa shape index (κ3) is 3.43. The minimum absolute atomic E-state index is 0.0986. The highest BCUT2D eigenvalue weighted by Gasteiger charge is 2.23. The van der Waals surface area contributed by atoms with Crippen molar-refractivity contribution >= 4 is 11.6 Å². The molecule has 2 nitrogen and oxygen atoms in total. The number of ether oxygens (including phenoxy) is 1. The molecule has 0 atom stereocenters. The second-order valence-electron chi connectivity index (χ2n) is 5.34. The number of benzene rings is 1. The van der Waals surface area contributed by atoms with Crippen molar-refractivity contribution in [3.8, 4) is 5.75 Å². The van der Waals surface area contributed by atoms with E-state index in [9.17, 15) is 0 Å². The summed E-state index contributed by atoms with van der Waals surface area (Å²) < 4.78 is 5.53. The summed E-state index contributed by atoms with van der Waals surface area (Å²) in [5.74, 6) is 1.74. The minimum Gasteiger partial charge on any atom is -0.493 e. The van der Waals surface area contributed by atoms with Crippen molar-refractivity contribution in [3.05, 3.63) is 29.3 Å². The van der Waals surface area contributed by atoms with Gasteiger partial charge in [0.2, 0.25) is 0 Å². The first-order valence-electron chi connectivity index (χ1n) is 7.28. The number of halogens is 1. The van der Waals surface area contributed by atoms with E-state index in [1.807, 2.05) is 0 Å². The van der Waals surface area contributed by atoms with Gasteiger partial charge in [0.15, 0.2) is 0 Å². The minimum atomic E-state index is 0.0986. The summed E-state index contributed by atoms with van der Waals surface area (Å²) >= 11 is 6.10. The quantitative estimate of drug-likeness (QED) is 0.772. The van der Waals surface area contributed by atoms with Gasteiger partial charge in [-0.25, -0.2) is 0 Å². The molecule has 0 saturated carbocycles. The van der Waals surface area contributed by atoms with Gasteiger partial charge >= 0.3 is 0 Å². The SMILES string of the molecule is CCC(CC)(CCl)NCCc1ccc2c(c1)CCO2. The molecule has 0 spiro atoms. The molecule has 0 amide bonds. The summed E-state index contributed by atoms with van der Waals surface area (Å²) in [6.07, 6.45) is 4.24. The van der Waals surface area contributed by atoms with Gasteiger partial charge in [0.05, 0.1) is 6.61 Å². The Bertz CT molecular complexity index is 407. The van der Waals surface area contributed by atoms with Crippen molar-refractivity contribution in [2.24, 2.45) is 0 Å². The number of hydrogen-bond acceptors (Lipinski definition) is 2. The molecule has 1 aliphatic heterocycles. The first-order valence-corrected chi connectivity index (χ1v) is 7.82. The monoisotopic (exact) mass is 281 g/mol. The predicted molar refractivity (Wildman–Crippen MR) is 81.4 cm³/mol. The predicted octanol–water partition coefficient (Wildman–Crippen LogP) is 3.55. The van der Waals surface area contributed by atoms with E-state index >= 15 is 0 Å². The van der Waals surface area contributed by atoms with E-state index in [1.165, 1.54) is 11.1 Å². The van der Waals surface area contributed by atoms with Crippen LogP contribution in [0.25, 0.3) is 0 Å². The van der Waals surface area contributed by atoms with Gasteiger partial charge in [-0.1, -0.05) is 26.0 Å². The molecule has 2 rings (SSSR count). The highest BCUT2D eigenvalue weighted by molar-refractivity contribution is 6.18. The number of rotatable bonds is 7. The molecule has 0 saturated heterocycles. The van der Waals surface area contributed by atoms with E-state index < -0.39 is 0 Å². The lowest BCUT2D eigenvalue weighted by atomic mass is 9.95. The maximum absolute atomic E-state index is 6.10. The Balaban J connectivity index is 1.89. The molecule has 0 fully saturated rings. The largest absolute Gasteiger partial charge is 0.493 e. The molecular formula is C16H24ClNO. The fraction of sp³-hybridized carbons (Fsp3) is 0.625. The number of alkyl halides is 1. The highest BCUT2D eigenvalue weighted by atomic mass is 35.5. The molecule has 0 radical (unpaired) electrons. The van der Waals surface area contributed by atoms with Crippen molar-refractivity contribution in [2.45, 2.75) is 45.1 Å². The maximum Gasteiger partial charge on any atom is 0.122 e. The van der Waals surface area contributed by atoms with Crippen LogP contribution in [0.4, 0.5) is 0 Å². The molecule has 0 unspecified atom stereocenters. The topological polar surface area (TPSA) is 21.3 Å². The van der Waals surface area contributed by atoms with Crippen molar-refractivity contribution in [3.63, 3.8) is 0 Å². The van der Waals surface area contributed by atoms with Crippen LogP contribution in [0.15, 0.2) is 18.2 Å². The van der Waals surface area contributed by atoms with Crippen LogP contribution in [-0.4, -0.2) is 24.6 Å². The molecule has 3 heteroatoms. The van der Waals surface area contributed by atoms with Crippen LogP contribution in [0.5, 0.6) is 5.75 Å². The number of nitrogens with one attached hydrogen (secondary N) is 1. The lowest BCUT2D eigenvalue weighted by molar-refractivity contribution is 0.339. The number of fused-ring (bicyclic) bond motifs is 1. The third-order valence-corrected chi connectivity index (χ3v) is 4.79. The summed E-state index contributed by atoms with van der Waals surface area (Å²) in [6.45, 7) is 6.21. The van der Waals surface area contributed by atoms with E-state index in [-0.39, 0.29) is 5.54 Å². The van der Waals surface area contributed by atoms with Crippen molar-refractivity contribution < 1.29 is 4.74 Å². The maximum atomic E-state index is 6.10. The molecule has 1 aromatic carbocycles. The smallest absolute Gasteiger partial charge is 0.122 e. The van der Waals surface area contributed by atoms with Gasteiger partial charge in [-0.3, -0.25) is 0 Å². The molecular weight excluding hydrogens is 258 g/mol. The van der Waals surface area contributed by atoms with E-state index in [1.54, 1.807) is 0 Å². The normalized spacial score (nSPS) is 14.3. The summed E-state index contributed by atoms with van der Waals surface area (Å²) in [6, 6.07) is 6.56. The lowest BCUT2D eigenvalue weighted by Crippen LogP contribution is -2.46. The van der Waals surface area contributed by atoms with Crippen LogP contribution in [0.1, 0.15) is 37.8 Å². The molecule has 1 N–H and O–H groups in total. The van der Waals surface area contributed by atoms with Gasteiger partial charge < -0.3 is 10.1 Å². The second kappa shape index (κ2) is 6.62. The zero-order chi connectivity index (χ0) is 13.7. The van der Waals surface area contributed by atoms with Crippen molar-refractivity contribution in [1.29, 1.82) is 0 Å². The molecule has 1 heterocycles. The first-order chi connectivity index (χ1) is 9.23. The number of hydrogen-bond donors (Lipinski definition) is 1. The standard InChI is InChI=1S/C16H24ClNO/c1-3-16(4-2,12-17)18-9-7-13-5-6-15-14(11-13)8-10-19-15/h5-6,11,18H,3-4,7-10,12H2,1-2H3. The Morgan fingerprint density at radius 1 is 1.32 bits per heavy atom. The van der Waals surface area contributed by atoms with Gasteiger partial charge in [0.1, 0.15) is 5.75 Å². The zero-order valence-electron chi connectivity index (χ0n) is 12.0.